The molecule has 2 aromatic carbocycles. The van der Waals surface area contributed by atoms with Crippen LogP contribution in [-0.2, 0) is 11.3 Å². The van der Waals surface area contributed by atoms with Gasteiger partial charge < -0.3 is 15.1 Å². The van der Waals surface area contributed by atoms with Crippen molar-refractivity contribution >= 4 is 29.3 Å². The number of carbonyl (C=O) groups is 2. The van der Waals surface area contributed by atoms with Gasteiger partial charge in [-0.3, -0.25) is 9.59 Å². The lowest BCUT2D eigenvalue weighted by molar-refractivity contribution is -0.118. The van der Waals surface area contributed by atoms with Gasteiger partial charge in [0.25, 0.3) is 5.91 Å². The molecule has 5 nitrogen and oxygen atoms in total. The van der Waals surface area contributed by atoms with E-state index in [0.717, 1.165) is 0 Å². The number of nitrogens with one attached hydrogen (secondary N) is 2. The van der Waals surface area contributed by atoms with Gasteiger partial charge in [0.05, 0.1) is 24.1 Å². The molecule has 2 N–H and O–H groups in total. The highest BCUT2D eigenvalue weighted by atomic mass is 32.2. The molecule has 0 unspecified atom stereocenters. The van der Waals surface area contributed by atoms with Crippen LogP contribution in [-0.4, -0.2) is 17.6 Å². The van der Waals surface area contributed by atoms with E-state index in [4.69, 9.17) is 4.42 Å². The summed E-state index contributed by atoms with van der Waals surface area (Å²) < 4.78 is 18.4. The van der Waals surface area contributed by atoms with Gasteiger partial charge in [-0.25, -0.2) is 4.39 Å². The zero-order valence-electron chi connectivity index (χ0n) is 15.2. The highest BCUT2D eigenvalue weighted by molar-refractivity contribution is 8.00. The molecule has 7 heteroatoms. The minimum absolute atomic E-state index is 0.161. The number of carbonyl (C=O) groups excluding carboxylic acids is 2. The average molecular weight is 398 g/mol. The minimum atomic E-state index is -0.355. The molecule has 1 heterocycles. The first-order chi connectivity index (χ1) is 13.5. The number of halogens is 1. The van der Waals surface area contributed by atoms with Crippen LogP contribution in [0.1, 0.15) is 21.7 Å². The third-order valence-corrected chi connectivity index (χ3v) is 5.04. The van der Waals surface area contributed by atoms with E-state index in [-0.39, 0.29) is 23.4 Å². The van der Waals surface area contributed by atoms with Crippen molar-refractivity contribution in [2.75, 3.05) is 11.1 Å². The Hall–Kier alpha value is -3.06. The normalized spacial score (nSPS) is 10.5. The summed E-state index contributed by atoms with van der Waals surface area (Å²) in [6, 6.07) is 14.8. The standard InChI is InChI=1S/C21H19FN2O3S/c1-14-11-15(22)8-9-18(14)24-21(26)17-6-2-3-7-19(17)28-13-20(25)23-12-16-5-4-10-27-16/h2-11H,12-13H2,1H3,(H,23,25)(H,24,26). The van der Waals surface area contributed by atoms with Crippen molar-refractivity contribution in [1.29, 1.82) is 0 Å². The van der Waals surface area contributed by atoms with Crippen LogP contribution in [0, 0.1) is 12.7 Å². The summed E-state index contributed by atoms with van der Waals surface area (Å²) in [6.07, 6.45) is 1.55. The molecule has 0 aliphatic heterocycles. The summed E-state index contributed by atoms with van der Waals surface area (Å²) in [5.74, 6) is 0.0141. The third kappa shape index (κ3) is 5.23. The number of aryl methyl sites for hydroxylation is 1. The van der Waals surface area contributed by atoms with Gasteiger partial charge in [0.2, 0.25) is 5.91 Å². The van der Waals surface area contributed by atoms with E-state index < -0.39 is 0 Å². The zero-order valence-corrected chi connectivity index (χ0v) is 16.0. The topological polar surface area (TPSA) is 71.3 Å². The fraction of sp³-hybridized carbons (Fsp3) is 0.143. The van der Waals surface area contributed by atoms with Crippen LogP contribution in [0.3, 0.4) is 0 Å². The van der Waals surface area contributed by atoms with E-state index in [2.05, 4.69) is 10.6 Å². The van der Waals surface area contributed by atoms with Gasteiger partial charge in [-0.15, -0.1) is 11.8 Å². The molecule has 0 aliphatic carbocycles. The first kappa shape index (κ1) is 19.7. The van der Waals surface area contributed by atoms with E-state index >= 15 is 0 Å². The Morgan fingerprint density at radius 1 is 1.11 bits per heavy atom. The molecule has 0 radical (unpaired) electrons. The van der Waals surface area contributed by atoms with E-state index in [9.17, 15) is 14.0 Å². The van der Waals surface area contributed by atoms with E-state index in [1.807, 2.05) is 6.07 Å². The summed E-state index contributed by atoms with van der Waals surface area (Å²) in [6.45, 7) is 2.04. The molecule has 0 saturated carbocycles. The molecule has 0 atom stereocenters. The molecule has 3 aromatic rings. The second-order valence-corrected chi connectivity index (χ2v) is 7.07. The molecule has 0 fully saturated rings. The van der Waals surface area contributed by atoms with Gasteiger partial charge in [0.15, 0.2) is 0 Å². The van der Waals surface area contributed by atoms with E-state index in [0.29, 0.717) is 34.0 Å². The van der Waals surface area contributed by atoms with E-state index in [1.54, 1.807) is 43.5 Å². The van der Waals surface area contributed by atoms with Gasteiger partial charge in [-0.2, -0.15) is 0 Å². The molecule has 144 valence electrons. The van der Waals surface area contributed by atoms with Crippen molar-refractivity contribution in [3.05, 3.63) is 83.6 Å². The van der Waals surface area contributed by atoms with Crippen molar-refractivity contribution in [3.8, 4) is 0 Å². The first-order valence-electron chi connectivity index (χ1n) is 8.61. The molecule has 0 spiro atoms. The van der Waals surface area contributed by atoms with Crippen molar-refractivity contribution in [1.82, 2.24) is 5.32 Å². The Balaban J connectivity index is 1.61. The molecule has 28 heavy (non-hydrogen) atoms. The van der Waals surface area contributed by atoms with Crippen LogP contribution in [0.25, 0.3) is 0 Å². The maximum absolute atomic E-state index is 13.2. The van der Waals surface area contributed by atoms with E-state index in [1.165, 1.54) is 30.0 Å². The van der Waals surface area contributed by atoms with Gasteiger partial charge in [-0.05, 0) is 55.0 Å². The lowest BCUT2D eigenvalue weighted by Gasteiger charge is -2.11. The largest absolute Gasteiger partial charge is 0.467 e. The average Bonchev–Trinajstić information content (AvgIpc) is 3.21. The number of hydrogen-bond acceptors (Lipinski definition) is 4. The van der Waals surface area contributed by atoms with Gasteiger partial charge in [0.1, 0.15) is 11.6 Å². The lowest BCUT2D eigenvalue weighted by atomic mass is 10.1. The molecule has 2 amide bonds. The summed E-state index contributed by atoms with van der Waals surface area (Å²) in [5.41, 5.74) is 1.63. The van der Waals surface area contributed by atoms with Crippen LogP contribution >= 0.6 is 11.8 Å². The second kappa shape index (κ2) is 9.23. The maximum Gasteiger partial charge on any atom is 0.256 e. The van der Waals surface area contributed by atoms with Crippen molar-refractivity contribution in [2.45, 2.75) is 18.4 Å². The Morgan fingerprint density at radius 2 is 1.93 bits per heavy atom. The van der Waals surface area contributed by atoms with Crippen molar-refractivity contribution < 1.29 is 18.4 Å². The fourth-order valence-corrected chi connectivity index (χ4v) is 3.41. The van der Waals surface area contributed by atoms with Crippen LogP contribution in [0.2, 0.25) is 0 Å². The van der Waals surface area contributed by atoms with Crippen LogP contribution in [0.15, 0.2) is 70.2 Å². The van der Waals surface area contributed by atoms with Gasteiger partial charge >= 0.3 is 0 Å². The fourth-order valence-electron chi connectivity index (χ4n) is 2.53. The Labute approximate surface area is 166 Å². The molecule has 0 saturated heterocycles. The number of thioether (sulfide) groups is 1. The van der Waals surface area contributed by atoms with Crippen molar-refractivity contribution in [3.63, 3.8) is 0 Å². The predicted molar refractivity (Wildman–Crippen MR) is 107 cm³/mol. The molecule has 0 bridgehead atoms. The third-order valence-electron chi connectivity index (χ3n) is 3.97. The highest BCUT2D eigenvalue weighted by Crippen LogP contribution is 2.24. The Morgan fingerprint density at radius 3 is 2.68 bits per heavy atom. The van der Waals surface area contributed by atoms with Crippen LogP contribution in [0.5, 0.6) is 0 Å². The summed E-state index contributed by atoms with van der Waals surface area (Å²) in [5, 5.41) is 5.56. The number of furan rings is 1. The second-order valence-electron chi connectivity index (χ2n) is 6.05. The number of benzene rings is 2. The summed E-state index contributed by atoms with van der Waals surface area (Å²) in [4.78, 5) is 25.4. The van der Waals surface area contributed by atoms with Gasteiger partial charge in [0, 0.05) is 10.6 Å². The number of rotatable bonds is 7. The molecule has 3 rings (SSSR count). The Kier molecular flexibility index (Phi) is 6.49. The zero-order chi connectivity index (χ0) is 19.9. The lowest BCUT2D eigenvalue weighted by Crippen LogP contribution is -2.24. The SMILES string of the molecule is Cc1cc(F)ccc1NC(=O)c1ccccc1SCC(=O)NCc1ccco1. The molecular weight excluding hydrogens is 379 g/mol. The predicted octanol–water partition coefficient (Wildman–Crippen LogP) is 4.39. The van der Waals surface area contributed by atoms with Crippen LogP contribution < -0.4 is 10.6 Å². The number of amides is 2. The number of hydrogen-bond donors (Lipinski definition) is 2. The molecular formula is C21H19FN2O3S. The van der Waals surface area contributed by atoms with Crippen LogP contribution in [0.4, 0.5) is 10.1 Å². The maximum atomic E-state index is 13.2. The molecule has 0 aliphatic rings. The first-order valence-corrected chi connectivity index (χ1v) is 9.60. The highest BCUT2D eigenvalue weighted by Gasteiger charge is 2.14. The smallest absolute Gasteiger partial charge is 0.256 e. The number of anilines is 1. The molecule has 1 aromatic heterocycles. The summed E-state index contributed by atoms with van der Waals surface area (Å²) in [7, 11) is 0. The van der Waals surface area contributed by atoms with Gasteiger partial charge in [-0.1, -0.05) is 12.1 Å². The quantitative estimate of drug-likeness (QED) is 0.579. The van der Waals surface area contributed by atoms with Crippen molar-refractivity contribution in [2.24, 2.45) is 0 Å². The summed E-state index contributed by atoms with van der Waals surface area (Å²) >= 11 is 1.27. The monoisotopic (exact) mass is 398 g/mol. The minimum Gasteiger partial charge on any atom is -0.467 e. The Bertz CT molecular complexity index is 974.